The fourth-order valence-corrected chi connectivity index (χ4v) is 4.74. The standard InChI is InChI=1S/C24H21ClF4N6O2/c1-11-7-14(12(2)30-16-3-4-18(25)32-20(16)22(36)37)19-15(8-11)21-31-17(24(27,28)29)10-35(21)23(33-19)34-6-5-13(26)9-34/h3-4,7-8,10,12-13,30H,5-6,9H2,1-2H3,(H,36,37)/t12-,13?/m1/s1. The largest absolute Gasteiger partial charge is 0.476 e. The lowest BCUT2D eigenvalue weighted by atomic mass is 10.0. The van der Waals surface area contributed by atoms with Crippen molar-refractivity contribution in [2.75, 3.05) is 23.3 Å². The van der Waals surface area contributed by atoms with E-state index in [1.54, 1.807) is 24.8 Å². The van der Waals surface area contributed by atoms with Crippen molar-refractivity contribution in [1.29, 1.82) is 0 Å². The van der Waals surface area contributed by atoms with Crippen molar-refractivity contribution in [3.63, 3.8) is 0 Å². The van der Waals surface area contributed by atoms with Crippen LogP contribution in [0, 0.1) is 6.92 Å². The Balaban J connectivity index is 1.71. The molecule has 0 saturated carbocycles. The van der Waals surface area contributed by atoms with E-state index in [1.165, 1.54) is 16.5 Å². The van der Waals surface area contributed by atoms with Crippen molar-refractivity contribution >= 4 is 45.8 Å². The lowest BCUT2D eigenvalue weighted by molar-refractivity contribution is -0.140. The molecule has 194 valence electrons. The second-order valence-corrected chi connectivity index (χ2v) is 9.40. The molecule has 1 saturated heterocycles. The lowest BCUT2D eigenvalue weighted by Gasteiger charge is -2.22. The molecule has 8 nitrogen and oxygen atoms in total. The third-order valence-electron chi connectivity index (χ3n) is 6.26. The van der Waals surface area contributed by atoms with Gasteiger partial charge in [0.05, 0.1) is 23.8 Å². The van der Waals surface area contributed by atoms with E-state index in [2.05, 4.69) is 15.3 Å². The highest BCUT2D eigenvalue weighted by atomic mass is 35.5. The number of halogens is 5. The van der Waals surface area contributed by atoms with Crippen LogP contribution in [0.2, 0.25) is 5.15 Å². The minimum Gasteiger partial charge on any atom is -0.476 e. The molecule has 1 fully saturated rings. The summed E-state index contributed by atoms with van der Waals surface area (Å²) < 4.78 is 56.2. The van der Waals surface area contributed by atoms with Gasteiger partial charge in [-0.1, -0.05) is 17.7 Å². The predicted octanol–water partition coefficient (Wildman–Crippen LogP) is 5.68. The van der Waals surface area contributed by atoms with Crippen LogP contribution in [0.4, 0.5) is 29.2 Å². The average molecular weight is 537 g/mol. The van der Waals surface area contributed by atoms with Gasteiger partial charge in [-0.25, -0.2) is 24.1 Å². The molecule has 2 atom stereocenters. The average Bonchev–Trinajstić information content (AvgIpc) is 3.46. The Morgan fingerprint density at radius 1 is 1.24 bits per heavy atom. The summed E-state index contributed by atoms with van der Waals surface area (Å²) in [6, 6.07) is 5.89. The number of aromatic carboxylic acids is 1. The number of aromatic nitrogens is 4. The zero-order valence-corrected chi connectivity index (χ0v) is 20.4. The first-order valence-corrected chi connectivity index (χ1v) is 11.8. The molecular weight excluding hydrogens is 516 g/mol. The number of fused-ring (bicyclic) bond motifs is 3. The van der Waals surface area contributed by atoms with Gasteiger partial charge in [0.2, 0.25) is 5.95 Å². The number of hydrogen-bond donors (Lipinski definition) is 2. The minimum atomic E-state index is -4.68. The maximum absolute atomic E-state index is 14.1. The fraction of sp³-hybridized carbons (Fsp3) is 0.333. The summed E-state index contributed by atoms with van der Waals surface area (Å²) in [6.45, 7) is 3.84. The molecule has 4 heterocycles. The van der Waals surface area contributed by atoms with Crippen molar-refractivity contribution < 1.29 is 27.5 Å². The third kappa shape index (κ3) is 4.61. The van der Waals surface area contributed by atoms with Gasteiger partial charge in [-0.05, 0) is 44.0 Å². The number of aryl methyl sites for hydroxylation is 1. The summed E-state index contributed by atoms with van der Waals surface area (Å²) in [5.74, 6) is -1.12. The van der Waals surface area contributed by atoms with Crippen LogP contribution in [0.15, 0.2) is 30.5 Å². The van der Waals surface area contributed by atoms with Crippen molar-refractivity contribution in [3.05, 3.63) is 58.1 Å². The Hall–Kier alpha value is -3.67. The third-order valence-corrected chi connectivity index (χ3v) is 6.47. The van der Waals surface area contributed by atoms with Crippen LogP contribution in [-0.2, 0) is 6.18 Å². The molecule has 1 aromatic carbocycles. The summed E-state index contributed by atoms with van der Waals surface area (Å²) in [6.07, 6.45) is -4.68. The van der Waals surface area contributed by atoms with Gasteiger partial charge >= 0.3 is 12.1 Å². The van der Waals surface area contributed by atoms with Crippen LogP contribution in [0.3, 0.4) is 0 Å². The van der Waals surface area contributed by atoms with Gasteiger partial charge < -0.3 is 15.3 Å². The number of carboxylic acid groups (broad SMARTS) is 1. The predicted molar refractivity (Wildman–Crippen MR) is 130 cm³/mol. The maximum Gasteiger partial charge on any atom is 0.434 e. The Kier molecular flexibility index (Phi) is 6.09. The smallest absolute Gasteiger partial charge is 0.434 e. The van der Waals surface area contributed by atoms with E-state index in [0.717, 1.165) is 11.8 Å². The van der Waals surface area contributed by atoms with Gasteiger partial charge in [0.25, 0.3) is 0 Å². The molecule has 13 heteroatoms. The van der Waals surface area contributed by atoms with E-state index in [1.807, 2.05) is 6.07 Å². The highest BCUT2D eigenvalue weighted by Gasteiger charge is 2.36. The Labute approximate surface area is 212 Å². The molecule has 0 bridgehead atoms. The molecular formula is C24H21ClF4N6O2. The van der Waals surface area contributed by atoms with Crippen LogP contribution in [0.25, 0.3) is 16.6 Å². The molecule has 0 radical (unpaired) electrons. The van der Waals surface area contributed by atoms with Gasteiger partial charge in [-0.15, -0.1) is 0 Å². The van der Waals surface area contributed by atoms with Crippen LogP contribution >= 0.6 is 11.6 Å². The number of pyridine rings is 1. The second kappa shape index (κ2) is 9.02. The number of rotatable bonds is 5. The van der Waals surface area contributed by atoms with Crippen LogP contribution in [-0.4, -0.2) is 49.7 Å². The van der Waals surface area contributed by atoms with Crippen LogP contribution < -0.4 is 10.2 Å². The number of carboxylic acids is 1. The normalized spacial score (nSPS) is 17.1. The van der Waals surface area contributed by atoms with Gasteiger partial charge in [-0.3, -0.25) is 4.40 Å². The lowest BCUT2D eigenvalue weighted by Crippen LogP contribution is -2.24. The molecule has 4 aromatic rings. The Morgan fingerprint density at radius 2 is 2.00 bits per heavy atom. The first-order chi connectivity index (χ1) is 17.4. The highest BCUT2D eigenvalue weighted by Crippen LogP contribution is 2.36. The van der Waals surface area contributed by atoms with E-state index in [0.29, 0.717) is 23.0 Å². The van der Waals surface area contributed by atoms with Gasteiger partial charge in [0.1, 0.15) is 17.0 Å². The maximum atomic E-state index is 14.1. The molecule has 5 rings (SSSR count). The van der Waals surface area contributed by atoms with E-state index in [4.69, 9.17) is 16.6 Å². The van der Waals surface area contributed by atoms with Crippen LogP contribution in [0.1, 0.15) is 46.7 Å². The van der Waals surface area contributed by atoms with E-state index >= 15 is 0 Å². The number of benzene rings is 1. The van der Waals surface area contributed by atoms with E-state index < -0.39 is 30.1 Å². The fourth-order valence-electron chi connectivity index (χ4n) is 4.59. The number of nitrogens with one attached hydrogen (secondary N) is 1. The number of hydrogen-bond acceptors (Lipinski definition) is 6. The van der Waals surface area contributed by atoms with Crippen molar-refractivity contribution in [2.24, 2.45) is 0 Å². The highest BCUT2D eigenvalue weighted by molar-refractivity contribution is 6.29. The number of alkyl halides is 4. The quantitative estimate of drug-likeness (QED) is 0.250. The first-order valence-electron chi connectivity index (χ1n) is 11.4. The monoisotopic (exact) mass is 536 g/mol. The minimum absolute atomic E-state index is 0.000547. The molecule has 2 N–H and O–H groups in total. The van der Waals surface area contributed by atoms with Gasteiger partial charge in [0, 0.05) is 23.7 Å². The van der Waals surface area contributed by atoms with Gasteiger partial charge in [-0.2, -0.15) is 13.2 Å². The van der Waals surface area contributed by atoms with E-state index in [-0.39, 0.29) is 41.1 Å². The second-order valence-electron chi connectivity index (χ2n) is 9.01. The van der Waals surface area contributed by atoms with Crippen molar-refractivity contribution in [3.8, 4) is 0 Å². The number of anilines is 2. The Bertz CT molecular complexity index is 1540. The molecule has 0 aliphatic carbocycles. The number of imidazole rings is 1. The zero-order chi connectivity index (χ0) is 26.6. The summed E-state index contributed by atoms with van der Waals surface area (Å²) >= 11 is 5.86. The molecule has 1 aliphatic rings. The SMILES string of the molecule is Cc1cc([C@@H](C)Nc2ccc(Cl)nc2C(=O)O)c2nc(N3CCC(F)C3)n3cc(C(F)(F)F)nc3c2c1. The van der Waals surface area contributed by atoms with Crippen molar-refractivity contribution in [1.82, 2.24) is 19.4 Å². The Morgan fingerprint density at radius 3 is 2.65 bits per heavy atom. The first kappa shape index (κ1) is 25.0. The van der Waals surface area contributed by atoms with E-state index in [9.17, 15) is 27.5 Å². The molecule has 0 amide bonds. The van der Waals surface area contributed by atoms with Crippen LogP contribution in [0.5, 0.6) is 0 Å². The summed E-state index contributed by atoms with van der Waals surface area (Å²) in [7, 11) is 0. The molecule has 3 aromatic heterocycles. The summed E-state index contributed by atoms with van der Waals surface area (Å²) in [5, 5.41) is 13.0. The molecule has 1 aliphatic heterocycles. The number of carbonyl (C=O) groups is 1. The molecule has 37 heavy (non-hydrogen) atoms. The summed E-state index contributed by atoms with van der Waals surface area (Å²) in [5.41, 5.74) is 0.604. The number of nitrogens with zero attached hydrogens (tertiary/aromatic N) is 5. The van der Waals surface area contributed by atoms with Gasteiger partial charge in [0.15, 0.2) is 11.4 Å². The summed E-state index contributed by atoms with van der Waals surface area (Å²) in [4.78, 5) is 25.8. The topological polar surface area (TPSA) is 95.6 Å². The molecule has 0 spiro atoms. The zero-order valence-electron chi connectivity index (χ0n) is 19.6. The van der Waals surface area contributed by atoms with Crippen molar-refractivity contribution in [2.45, 2.75) is 38.7 Å². The molecule has 1 unspecified atom stereocenters.